The van der Waals surface area contributed by atoms with E-state index in [0.717, 1.165) is 32.6 Å². The van der Waals surface area contributed by atoms with Crippen molar-refractivity contribution in [2.75, 3.05) is 18.4 Å². The lowest BCUT2D eigenvalue weighted by Gasteiger charge is -2.31. The van der Waals surface area contributed by atoms with Crippen molar-refractivity contribution in [2.45, 2.75) is 33.2 Å². The van der Waals surface area contributed by atoms with Crippen LogP contribution in [0.2, 0.25) is 0 Å². The van der Waals surface area contributed by atoms with Gasteiger partial charge in [0.25, 0.3) is 5.91 Å². The molecule has 2 amide bonds. The first-order valence-electron chi connectivity index (χ1n) is 11.9. The number of hydrogen-bond acceptors (Lipinski definition) is 3. The summed E-state index contributed by atoms with van der Waals surface area (Å²) in [5.41, 5.74) is 5.63. The van der Waals surface area contributed by atoms with Gasteiger partial charge in [0.05, 0.1) is 10.2 Å². The third kappa shape index (κ3) is 5.00. The summed E-state index contributed by atoms with van der Waals surface area (Å²) >= 11 is 1.60. The van der Waals surface area contributed by atoms with Gasteiger partial charge in [-0.1, -0.05) is 18.2 Å². The van der Waals surface area contributed by atoms with Crippen molar-refractivity contribution in [3.8, 4) is 0 Å². The molecule has 1 fully saturated rings. The molecular weight excluding hydrogens is 461 g/mol. The monoisotopic (exact) mass is 489 g/mol. The number of thiophene rings is 1. The molecule has 0 aliphatic carbocycles. The number of carbonyl (C=O) groups excluding carboxylic acids is 2. The number of benzene rings is 2. The first-order valence-corrected chi connectivity index (χ1v) is 12.7. The molecule has 5 nitrogen and oxygen atoms in total. The minimum Gasteiger partial charge on any atom is -0.337 e. The van der Waals surface area contributed by atoms with Gasteiger partial charge in [-0.3, -0.25) is 9.59 Å². The largest absolute Gasteiger partial charge is 0.337 e. The highest BCUT2D eigenvalue weighted by Crippen LogP contribution is 2.29. The number of nitrogens with one attached hydrogen (secondary N) is 1. The molecule has 4 aromatic rings. The molecule has 35 heavy (non-hydrogen) atoms. The van der Waals surface area contributed by atoms with Crippen molar-refractivity contribution in [1.29, 1.82) is 0 Å². The van der Waals surface area contributed by atoms with Crippen molar-refractivity contribution in [1.82, 2.24) is 9.47 Å². The maximum Gasteiger partial charge on any atom is 0.270 e. The van der Waals surface area contributed by atoms with Gasteiger partial charge in [-0.15, -0.1) is 11.3 Å². The molecule has 1 N–H and O–H groups in total. The normalized spacial score (nSPS) is 14.4. The molecule has 1 aliphatic heterocycles. The van der Waals surface area contributed by atoms with E-state index in [1.54, 1.807) is 23.5 Å². The van der Waals surface area contributed by atoms with Gasteiger partial charge >= 0.3 is 0 Å². The van der Waals surface area contributed by atoms with Crippen LogP contribution in [0.25, 0.3) is 10.2 Å². The molecule has 0 atom stereocenters. The number of piperidine rings is 1. The lowest BCUT2D eigenvalue weighted by atomic mass is 9.95. The fourth-order valence-electron chi connectivity index (χ4n) is 4.89. The van der Waals surface area contributed by atoms with Crippen LogP contribution in [0.4, 0.5) is 10.1 Å². The highest BCUT2D eigenvalue weighted by atomic mass is 32.1. The summed E-state index contributed by atoms with van der Waals surface area (Å²) in [6.45, 7) is 5.61. The Bertz CT molecular complexity index is 1360. The maximum absolute atomic E-state index is 13.5. The van der Waals surface area contributed by atoms with Crippen LogP contribution in [0.3, 0.4) is 0 Å². The van der Waals surface area contributed by atoms with E-state index in [-0.39, 0.29) is 23.5 Å². The Kier molecular flexibility index (Phi) is 6.43. The molecule has 1 saturated heterocycles. The van der Waals surface area contributed by atoms with E-state index in [9.17, 15) is 14.0 Å². The Morgan fingerprint density at radius 2 is 1.69 bits per heavy atom. The number of amides is 2. The Hall–Kier alpha value is -3.45. The molecule has 2 aromatic carbocycles. The van der Waals surface area contributed by atoms with E-state index in [2.05, 4.69) is 11.4 Å². The third-order valence-electron chi connectivity index (χ3n) is 6.64. The summed E-state index contributed by atoms with van der Waals surface area (Å²) in [5, 5.41) is 5.07. The van der Waals surface area contributed by atoms with Crippen LogP contribution in [0.15, 0.2) is 60.0 Å². The van der Waals surface area contributed by atoms with Crippen LogP contribution in [-0.4, -0.2) is 34.4 Å². The zero-order chi connectivity index (χ0) is 24.5. The first-order chi connectivity index (χ1) is 16.9. The van der Waals surface area contributed by atoms with Crippen LogP contribution in [0.1, 0.15) is 40.0 Å². The Labute approximate surface area is 208 Å². The average Bonchev–Trinajstić information content (AvgIpc) is 3.42. The van der Waals surface area contributed by atoms with Crippen LogP contribution in [-0.2, 0) is 11.3 Å². The van der Waals surface area contributed by atoms with Crippen molar-refractivity contribution in [3.63, 3.8) is 0 Å². The van der Waals surface area contributed by atoms with E-state index in [0.29, 0.717) is 38.2 Å². The Morgan fingerprint density at radius 1 is 1.00 bits per heavy atom. The molecule has 7 heteroatoms. The molecule has 5 rings (SSSR count). The van der Waals surface area contributed by atoms with Crippen molar-refractivity contribution in [3.05, 3.63) is 88.2 Å². The summed E-state index contributed by atoms with van der Waals surface area (Å²) in [6.07, 6.45) is 1.27. The quantitative estimate of drug-likeness (QED) is 0.374. The third-order valence-corrected chi connectivity index (χ3v) is 7.49. The van der Waals surface area contributed by atoms with Crippen molar-refractivity contribution < 1.29 is 14.0 Å². The smallest absolute Gasteiger partial charge is 0.270 e. The van der Waals surface area contributed by atoms with Crippen LogP contribution in [0, 0.1) is 25.6 Å². The number of nitrogens with zero attached hydrogens (tertiary/aromatic N) is 2. The van der Waals surface area contributed by atoms with Crippen LogP contribution in [0.5, 0.6) is 0 Å². The summed E-state index contributed by atoms with van der Waals surface area (Å²) < 4.78 is 16.4. The molecule has 0 saturated carbocycles. The lowest BCUT2D eigenvalue weighted by molar-refractivity contribution is -0.121. The van der Waals surface area contributed by atoms with Crippen LogP contribution >= 0.6 is 11.3 Å². The second kappa shape index (κ2) is 9.66. The van der Waals surface area contributed by atoms with E-state index in [1.807, 2.05) is 53.0 Å². The molecule has 3 heterocycles. The van der Waals surface area contributed by atoms with Crippen molar-refractivity contribution >= 4 is 39.1 Å². The zero-order valence-electron chi connectivity index (χ0n) is 19.9. The number of anilines is 1. The minimum atomic E-state index is -0.275. The number of carbonyl (C=O) groups is 2. The lowest BCUT2D eigenvalue weighted by Crippen LogP contribution is -2.42. The number of aromatic nitrogens is 1. The van der Waals surface area contributed by atoms with Gasteiger partial charge in [-0.2, -0.15) is 0 Å². The van der Waals surface area contributed by atoms with E-state index < -0.39 is 0 Å². The van der Waals surface area contributed by atoms with Crippen molar-refractivity contribution in [2.24, 2.45) is 5.92 Å². The summed E-state index contributed by atoms with van der Waals surface area (Å²) in [6, 6.07) is 16.4. The molecule has 0 bridgehead atoms. The van der Waals surface area contributed by atoms with E-state index >= 15 is 0 Å². The van der Waals surface area contributed by atoms with Gasteiger partial charge in [0, 0.05) is 31.2 Å². The predicted octanol–water partition coefficient (Wildman–Crippen LogP) is 6.00. The Morgan fingerprint density at radius 3 is 2.37 bits per heavy atom. The van der Waals surface area contributed by atoms with Gasteiger partial charge in [0.2, 0.25) is 5.91 Å². The SMILES string of the molecule is Cc1cc(C)cc(NC(=O)C2CCN(C(=O)c3cc4sccc4n3Cc3ccc(F)cc3)CC2)c1. The molecule has 2 aromatic heterocycles. The number of hydrogen-bond donors (Lipinski definition) is 1. The highest BCUT2D eigenvalue weighted by Gasteiger charge is 2.29. The molecule has 0 unspecified atom stereocenters. The zero-order valence-corrected chi connectivity index (χ0v) is 20.7. The molecule has 1 aliphatic rings. The fraction of sp³-hybridized carbons (Fsp3) is 0.286. The first kappa shape index (κ1) is 23.3. The molecule has 180 valence electrons. The minimum absolute atomic E-state index is 0.0160. The number of fused-ring (bicyclic) bond motifs is 1. The molecular formula is C28H28FN3O2S. The maximum atomic E-state index is 13.5. The van der Waals surface area contributed by atoms with Crippen LogP contribution < -0.4 is 5.32 Å². The Balaban J connectivity index is 1.28. The summed E-state index contributed by atoms with van der Waals surface area (Å²) in [7, 11) is 0. The van der Waals surface area contributed by atoms with E-state index in [1.165, 1.54) is 12.1 Å². The molecule has 0 radical (unpaired) electrons. The predicted molar refractivity (Wildman–Crippen MR) is 138 cm³/mol. The standard InChI is InChI=1S/C28H28FN3O2S/c1-18-13-19(2)15-23(14-18)30-27(33)21-7-10-31(11-8-21)28(34)25-16-26-24(9-12-35-26)32(25)17-20-3-5-22(29)6-4-20/h3-6,9,12-16,21H,7-8,10-11,17H2,1-2H3,(H,30,33). The number of rotatable bonds is 5. The number of halogens is 1. The van der Waals surface area contributed by atoms with Gasteiger partial charge in [-0.25, -0.2) is 4.39 Å². The fourth-order valence-corrected chi connectivity index (χ4v) is 5.72. The topological polar surface area (TPSA) is 54.3 Å². The highest BCUT2D eigenvalue weighted by molar-refractivity contribution is 7.17. The molecule has 0 spiro atoms. The second-order valence-corrected chi connectivity index (χ2v) is 10.3. The summed E-state index contributed by atoms with van der Waals surface area (Å²) in [5.74, 6) is -0.400. The van der Waals surface area contributed by atoms with E-state index in [4.69, 9.17) is 0 Å². The summed E-state index contributed by atoms with van der Waals surface area (Å²) in [4.78, 5) is 28.2. The van der Waals surface area contributed by atoms with Gasteiger partial charge in [0.15, 0.2) is 0 Å². The number of aryl methyl sites for hydroxylation is 2. The van der Waals surface area contributed by atoms with Gasteiger partial charge in [0.1, 0.15) is 11.5 Å². The van der Waals surface area contributed by atoms with Gasteiger partial charge < -0.3 is 14.8 Å². The second-order valence-electron chi connectivity index (χ2n) is 9.34. The average molecular weight is 490 g/mol. The number of likely N-dealkylation sites (tertiary alicyclic amines) is 1. The van der Waals surface area contributed by atoms with Gasteiger partial charge in [-0.05, 0) is 85.2 Å².